The van der Waals surface area contributed by atoms with Gasteiger partial charge in [-0.15, -0.1) is 0 Å². The highest BCUT2D eigenvalue weighted by Gasteiger charge is 2.10. The van der Waals surface area contributed by atoms with Gasteiger partial charge in [-0.25, -0.2) is 4.39 Å². The minimum atomic E-state index is -0.218. The molecule has 1 unspecified atom stereocenters. The molecule has 1 rings (SSSR count). The predicted molar refractivity (Wildman–Crippen MR) is 57.7 cm³/mol. The zero-order valence-corrected chi connectivity index (χ0v) is 9.09. The summed E-state index contributed by atoms with van der Waals surface area (Å²) in [4.78, 5) is 0. The molecule has 0 aliphatic carbocycles. The fraction of sp³-hybridized carbons (Fsp3) is 0.455. The lowest BCUT2D eigenvalue weighted by atomic mass is 10.1. The van der Waals surface area contributed by atoms with Gasteiger partial charge < -0.3 is 4.74 Å². The summed E-state index contributed by atoms with van der Waals surface area (Å²) in [5.41, 5.74) is 4.04. The van der Waals surface area contributed by atoms with Crippen LogP contribution in [0.3, 0.4) is 0 Å². The topological polar surface area (TPSA) is 47.3 Å². The average molecular weight is 212 g/mol. The number of hydrogen-bond donors (Lipinski definition) is 2. The van der Waals surface area contributed by atoms with Crippen LogP contribution >= 0.6 is 0 Å². The minimum absolute atomic E-state index is 0.167. The van der Waals surface area contributed by atoms with E-state index in [0.29, 0.717) is 18.8 Å². The first-order chi connectivity index (χ1) is 7.19. The monoisotopic (exact) mass is 212 g/mol. The number of hydrogen-bond acceptors (Lipinski definition) is 3. The highest BCUT2D eigenvalue weighted by atomic mass is 19.1. The minimum Gasteiger partial charge on any atom is -0.380 e. The summed E-state index contributed by atoms with van der Waals surface area (Å²) in [5, 5.41) is 0. The van der Waals surface area contributed by atoms with E-state index in [2.05, 4.69) is 5.43 Å². The third kappa shape index (κ3) is 3.27. The zero-order chi connectivity index (χ0) is 11.3. The van der Waals surface area contributed by atoms with Gasteiger partial charge >= 0.3 is 0 Å². The molecule has 0 aliphatic heterocycles. The third-order valence-corrected chi connectivity index (χ3v) is 2.29. The molecule has 0 heterocycles. The molecular weight excluding hydrogens is 195 g/mol. The molecule has 0 radical (unpaired) electrons. The summed E-state index contributed by atoms with van der Waals surface area (Å²) < 4.78 is 18.5. The number of nitrogens with one attached hydrogen (secondary N) is 1. The van der Waals surface area contributed by atoms with Gasteiger partial charge in [-0.3, -0.25) is 11.3 Å². The van der Waals surface area contributed by atoms with Crippen molar-refractivity contribution < 1.29 is 9.13 Å². The zero-order valence-electron chi connectivity index (χ0n) is 9.09. The van der Waals surface area contributed by atoms with Gasteiger partial charge in [-0.05, 0) is 31.0 Å². The van der Waals surface area contributed by atoms with E-state index in [-0.39, 0.29) is 11.9 Å². The van der Waals surface area contributed by atoms with Gasteiger partial charge in [0.1, 0.15) is 5.82 Å². The molecule has 0 saturated heterocycles. The molecular formula is C11H17FN2O. The summed E-state index contributed by atoms with van der Waals surface area (Å²) in [6, 6.07) is 4.90. The van der Waals surface area contributed by atoms with Crippen molar-refractivity contribution in [3.05, 3.63) is 35.1 Å². The average Bonchev–Trinajstić information content (AvgIpc) is 2.24. The van der Waals surface area contributed by atoms with E-state index in [1.54, 1.807) is 13.0 Å². The predicted octanol–water partition coefficient (Wildman–Crippen LogP) is 1.68. The number of halogens is 1. The van der Waals surface area contributed by atoms with Gasteiger partial charge in [0, 0.05) is 6.61 Å². The first kappa shape index (κ1) is 12.1. The maximum atomic E-state index is 13.3. The molecule has 1 aromatic rings. The molecule has 1 aromatic carbocycles. The van der Waals surface area contributed by atoms with Crippen LogP contribution in [0.25, 0.3) is 0 Å². The first-order valence-electron chi connectivity index (χ1n) is 4.99. The van der Waals surface area contributed by atoms with Gasteiger partial charge in [-0.2, -0.15) is 0 Å². The van der Waals surface area contributed by atoms with E-state index in [9.17, 15) is 4.39 Å². The second kappa shape index (κ2) is 5.80. The van der Waals surface area contributed by atoms with Crippen LogP contribution in [0.4, 0.5) is 4.39 Å². The molecule has 15 heavy (non-hydrogen) atoms. The van der Waals surface area contributed by atoms with E-state index < -0.39 is 0 Å². The molecule has 0 bridgehead atoms. The smallest absolute Gasteiger partial charge is 0.126 e. The molecule has 3 N–H and O–H groups in total. The van der Waals surface area contributed by atoms with E-state index in [0.717, 1.165) is 5.56 Å². The quantitative estimate of drug-likeness (QED) is 0.576. The van der Waals surface area contributed by atoms with Crippen LogP contribution in [0.5, 0.6) is 0 Å². The van der Waals surface area contributed by atoms with Crippen LogP contribution in [0.1, 0.15) is 24.1 Å². The Balaban J connectivity index is 2.78. The van der Waals surface area contributed by atoms with Crippen molar-refractivity contribution in [2.45, 2.75) is 19.9 Å². The van der Waals surface area contributed by atoms with Crippen molar-refractivity contribution >= 4 is 0 Å². The Morgan fingerprint density at radius 2 is 2.27 bits per heavy atom. The number of benzene rings is 1. The fourth-order valence-electron chi connectivity index (χ4n) is 1.30. The Kier molecular flexibility index (Phi) is 4.68. The van der Waals surface area contributed by atoms with Gasteiger partial charge in [-0.1, -0.05) is 12.1 Å². The first-order valence-corrected chi connectivity index (χ1v) is 4.99. The Labute approximate surface area is 89.4 Å². The van der Waals surface area contributed by atoms with E-state index in [1.165, 1.54) is 6.07 Å². The second-order valence-corrected chi connectivity index (χ2v) is 3.39. The van der Waals surface area contributed by atoms with Crippen molar-refractivity contribution in [1.29, 1.82) is 0 Å². The van der Waals surface area contributed by atoms with E-state index in [4.69, 9.17) is 10.6 Å². The molecule has 0 amide bonds. The molecule has 4 heteroatoms. The number of nitrogens with two attached hydrogens (primary N) is 1. The Morgan fingerprint density at radius 1 is 1.53 bits per heavy atom. The normalized spacial score (nSPS) is 12.8. The number of rotatable bonds is 5. The van der Waals surface area contributed by atoms with Crippen LogP contribution in [-0.4, -0.2) is 13.2 Å². The van der Waals surface area contributed by atoms with Crippen LogP contribution < -0.4 is 11.3 Å². The van der Waals surface area contributed by atoms with Crippen LogP contribution in [0.15, 0.2) is 18.2 Å². The summed E-state index contributed by atoms with van der Waals surface area (Å²) in [7, 11) is 0. The molecule has 3 nitrogen and oxygen atoms in total. The molecule has 0 fully saturated rings. The lowest BCUT2D eigenvalue weighted by molar-refractivity contribution is 0.123. The van der Waals surface area contributed by atoms with Crippen molar-refractivity contribution in [3.8, 4) is 0 Å². The highest BCUT2D eigenvalue weighted by Crippen LogP contribution is 2.16. The third-order valence-electron chi connectivity index (χ3n) is 2.29. The van der Waals surface area contributed by atoms with Crippen LogP contribution in [0, 0.1) is 12.7 Å². The maximum Gasteiger partial charge on any atom is 0.126 e. The SMILES string of the molecule is CCOCC(NN)c1ccc(C)c(F)c1. The van der Waals surface area contributed by atoms with Gasteiger partial charge in [0.2, 0.25) is 0 Å². The summed E-state index contributed by atoms with van der Waals surface area (Å²) in [5.74, 6) is 5.16. The number of hydrazine groups is 1. The lowest BCUT2D eigenvalue weighted by Crippen LogP contribution is -2.31. The van der Waals surface area contributed by atoms with E-state index in [1.807, 2.05) is 13.0 Å². The largest absolute Gasteiger partial charge is 0.380 e. The lowest BCUT2D eigenvalue weighted by Gasteiger charge is -2.16. The van der Waals surface area contributed by atoms with Gasteiger partial charge in [0.15, 0.2) is 0 Å². The number of aryl methyl sites for hydroxylation is 1. The van der Waals surface area contributed by atoms with Crippen LogP contribution in [0.2, 0.25) is 0 Å². The maximum absolute atomic E-state index is 13.3. The number of ether oxygens (including phenoxy) is 1. The van der Waals surface area contributed by atoms with Crippen LogP contribution in [-0.2, 0) is 4.74 Å². The van der Waals surface area contributed by atoms with Crippen molar-refractivity contribution in [3.63, 3.8) is 0 Å². The summed E-state index contributed by atoms with van der Waals surface area (Å²) in [6.07, 6.45) is 0. The molecule has 0 saturated carbocycles. The second-order valence-electron chi connectivity index (χ2n) is 3.39. The fourth-order valence-corrected chi connectivity index (χ4v) is 1.30. The van der Waals surface area contributed by atoms with Crippen molar-refractivity contribution in [2.24, 2.45) is 5.84 Å². The molecule has 1 atom stereocenters. The molecule has 0 spiro atoms. The van der Waals surface area contributed by atoms with E-state index >= 15 is 0 Å². The van der Waals surface area contributed by atoms with Crippen molar-refractivity contribution in [2.75, 3.05) is 13.2 Å². The molecule has 0 aliphatic rings. The summed E-state index contributed by atoms with van der Waals surface area (Å²) >= 11 is 0. The highest BCUT2D eigenvalue weighted by molar-refractivity contribution is 5.25. The van der Waals surface area contributed by atoms with Gasteiger partial charge in [0.25, 0.3) is 0 Å². The Hall–Kier alpha value is -0.970. The van der Waals surface area contributed by atoms with Crippen molar-refractivity contribution in [1.82, 2.24) is 5.43 Å². The van der Waals surface area contributed by atoms with Gasteiger partial charge in [0.05, 0.1) is 12.6 Å². The molecule has 84 valence electrons. The molecule has 0 aromatic heterocycles. The summed E-state index contributed by atoms with van der Waals surface area (Å²) in [6.45, 7) is 4.69. The Bertz CT molecular complexity index is 317. The standard InChI is InChI=1S/C11H17FN2O/c1-3-15-7-11(14-13)9-5-4-8(2)10(12)6-9/h4-6,11,14H,3,7,13H2,1-2H3. The Morgan fingerprint density at radius 3 is 2.80 bits per heavy atom.